The minimum Gasteiger partial charge on any atom is -0.462 e. The summed E-state index contributed by atoms with van der Waals surface area (Å²) in [5, 5.41) is 3.45. The number of alkyl halides is 3. The van der Waals surface area contributed by atoms with Gasteiger partial charge in [-0.05, 0) is 26.0 Å². The van der Waals surface area contributed by atoms with E-state index in [2.05, 4.69) is 9.68 Å². The molecule has 2 rings (SSSR count). The molecule has 1 aromatic carbocycles. The highest BCUT2D eigenvalue weighted by Crippen LogP contribution is 2.36. The summed E-state index contributed by atoms with van der Waals surface area (Å²) in [6, 6.07) is 5.93. The van der Waals surface area contributed by atoms with E-state index in [-0.39, 0.29) is 17.9 Å². The maximum Gasteiger partial charge on any atom is 0.452 e. The third-order valence-electron chi connectivity index (χ3n) is 2.85. The summed E-state index contributed by atoms with van der Waals surface area (Å²) in [7, 11) is 0. The number of carbonyl (C=O) groups excluding carboxylic acids is 1. The molecule has 0 saturated heterocycles. The average molecular weight is 299 g/mol. The van der Waals surface area contributed by atoms with Crippen LogP contribution in [0.3, 0.4) is 0 Å². The number of halogens is 3. The van der Waals surface area contributed by atoms with Crippen molar-refractivity contribution in [3.63, 3.8) is 0 Å². The topological polar surface area (TPSA) is 52.3 Å². The van der Waals surface area contributed by atoms with Gasteiger partial charge in [0.2, 0.25) is 5.76 Å². The Labute approximate surface area is 118 Å². The lowest BCUT2D eigenvalue weighted by Crippen LogP contribution is -2.05. The molecule has 0 aliphatic carbocycles. The zero-order chi connectivity index (χ0) is 15.6. The fourth-order valence-corrected chi connectivity index (χ4v) is 1.85. The second kappa shape index (κ2) is 5.59. The van der Waals surface area contributed by atoms with Crippen LogP contribution in [0.1, 0.15) is 28.6 Å². The lowest BCUT2D eigenvalue weighted by molar-refractivity contribution is -0.156. The molecule has 0 atom stereocenters. The number of benzene rings is 1. The van der Waals surface area contributed by atoms with E-state index in [0.717, 1.165) is 0 Å². The molecule has 1 heterocycles. The van der Waals surface area contributed by atoms with Gasteiger partial charge in [0, 0.05) is 11.1 Å². The molecular weight excluding hydrogens is 287 g/mol. The zero-order valence-corrected chi connectivity index (χ0v) is 11.3. The molecule has 0 aliphatic rings. The SMILES string of the molecule is CCOC(=O)c1ccc(-c2noc(C(F)(F)F)c2C)cc1. The Hall–Kier alpha value is -2.31. The van der Waals surface area contributed by atoms with Crippen LogP contribution in [0.2, 0.25) is 0 Å². The lowest BCUT2D eigenvalue weighted by Gasteiger charge is -2.04. The highest BCUT2D eigenvalue weighted by molar-refractivity contribution is 5.90. The quantitative estimate of drug-likeness (QED) is 0.808. The largest absolute Gasteiger partial charge is 0.462 e. The zero-order valence-electron chi connectivity index (χ0n) is 11.3. The van der Waals surface area contributed by atoms with Gasteiger partial charge in [-0.25, -0.2) is 4.79 Å². The molecule has 7 heteroatoms. The van der Waals surface area contributed by atoms with Gasteiger partial charge in [-0.1, -0.05) is 17.3 Å². The molecule has 0 radical (unpaired) electrons. The first-order valence-corrected chi connectivity index (χ1v) is 6.15. The van der Waals surface area contributed by atoms with Crippen LogP contribution in [0.4, 0.5) is 13.2 Å². The third kappa shape index (κ3) is 3.07. The Bertz CT molecular complexity index is 644. The Balaban J connectivity index is 2.32. The van der Waals surface area contributed by atoms with E-state index < -0.39 is 17.9 Å². The Kier molecular flexibility index (Phi) is 4.02. The Morgan fingerprint density at radius 2 is 1.90 bits per heavy atom. The van der Waals surface area contributed by atoms with Crippen LogP contribution >= 0.6 is 0 Å². The van der Waals surface area contributed by atoms with Crippen molar-refractivity contribution < 1.29 is 27.2 Å². The minimum absolute atomic E-state index is 0.0913. The summed E-state index contributed by atoms with van der Waals surface area (Å²) in [6.45, 7) is 3.22. The minimum atomic E-state index is -4.58. The maximum atomic E-state index is 12.6. The van der Waals surface area contributed by atoms with Crippen molar-refractivity contribution in [1.82, 2.24) is 5.16 Å². The molecular formula is C14H12F3NO3. The summed E-state index contributed by atoms with van der Waals surface area (Å²) >= 11 is 0. The van der Waals surface area contributed by atoms with Gasteiger partial charge in [-0.2, -0.15) is 13.2 Å². The predicted octanol–water partition coefficient (Wildman–Crippen LogP) is 3.85. The summed E-state index contributed by atoms with van der Waals surface area (Å²) in [5.41, 5.74) is 0.752. The van der Waals surface area contributed by atoms with Crippen molar-refractivity contribution >= 4 is 5.97 Å². The molecule has 21 heavy (non-hydrogen) atoms. The standard InChI is InChI=1S/C14H12F3NO3/c1-3-20-13(19)10-6-4-9(5-7-10)11-8(2)12(21-18-11)14(15,16)17/h4-7H,3H2,1-2H3. The van der Waals surface area contributed by atoms with Crippen molar-refractivity contribution in [1.29, 1.82) is 0 Å². The van der Waals surface area contributed by atoms with Crippen molar-refractivity contribution in [3.05, 3.63) is 41.2 Å². The summed E-state index contributed by atoms with van der Waals surface area (Å²) < 4.78 is 47.1. The number of aromatic nitrogens is 1. The monoisotopic (exact) mass is 299 g/mol. The number of hydrogen-bond donors (Lipinski definition) is 0. The number of carbonyl (C=O) groups is 1. The second-order valence-electron chi connectivity index (χ2n) is 4.28. The van der Waals surface area contributed by atoms with Crippen LogP contribution in [0, 0.1) is 6.92 Å². The maximum absolute atomic E-state index is 12.6. The van der Waals surface area contributed by atoms with Crippen molar-refractivity contribution in [2.45, 2.75) is 20.0 Å². The molecule has 0 unspecified atom stereocenters. The first-order chi connectivity index (χ1) is 9.84. The van der Waals surface area contributed by atoms with E-state index in [1.807, 2.05) is 0 Å². The van der Waals surface area contributed by atoms with Crippen LogP contribution in [0.15, 0.2) is 28.8 Å². The predicted molar refractivity (Wildman–Crippen MR) is 67.6 cm³/mol. The third-order valence-corrected chi connectivity index (χ3v) is 2.85. The molecule has 0 fully saturated rings. The average Bonchev–Trinajstić information content (AvgIpc) is 2.81. The molecule has 0 amide bonds. The normalized spacial score (nSPS) is 11.5. The molecule has 2 aromatic rings. The van der Waals surface area contributed by atoms with E-state index in [0.29, 0.717) is 11.1 Å². The molecule has 0 saturated carbocycles. The summed E-state index contributed by atoms with van der Waals surface area (Å²) in [6.07, 6.45) is -4.58. The van der Waals surface area contributed by atoms with Crippen molar-refractivity contribution in [3.8, 4) is 11.3 Å². The van der Waals surface area contributed by atoms with Crippen LogP contribution < -0.4 is 0 Å². The second-order valence-corrected chi connectivity index (χ2v) is 4.28. The molecule has 112 valence electrons. The van der Waals surface area contributed by atoms with Crippen LogP contribution in [-0.4, -0.2) is 17.7 Å². The fraction of sp³-hybridized carbons (Fsp3) is 0.286. The number of ether oxygens (including phenoxy) is 1. The first kappa shape index (κ1) is 15.1. The molecule has 0 bridgehead atoms. The van der Waals surface area contributed by atoms with E-state index in [9.17, 15) is 18.0 Å². The number of hydrogen-bond acceptors (Lipinski definition) is 4. The molecule has 4 nitrogen and oxygen atoms in total. The van der Waals surface area contributed by atoms with Gasteiger partial charge in [0.15, 0.2) is 0 Å². The summed E-state index contributed by atoms with van der Waals surface area (Å²) in [5.74, 6) is -1.61. The van der Waals surface area contributed by atoms with Gasteiger partial charge in [-0.3, -0.25) is 0 Å². The molecule has 1 aromatic heterocycles. The lowest BCUT2D eigenvalue weighted by atomic mass is 10.1. The van der Waals surface area contributed by atoms with E-state index in [1.54, 1.807) is 6.92 Å². The number of nitrogens with zero attached hydrogens (tertiary/aromatic N) is 1. The van der Waals surface area contributed by atoms with Gasteiger partial charge in [0.1, 0.15) is 5.69 Å². The van der Waals surface area contributed by atoms with Gasteiger partial charge in [0.25, 0.3) is 0 Å². The van der Waals surface area contributed by atoms with Crippen LogP contribution in [0.5, 0.6) is 0 Å². The Morgan fingerprint density at radius 3 is 2.38 bits per heavy atom. The first-order valence-electron chi connectivity index (χ1n) is 6.15. The van der Waals surface area contributed by atoms with Crippen molar-refractivity contribution in [2.75, 3.05) is 6.61 Å². The molecule has 0 N–H and O–H groups in total. The van der Waals surface area contributed by atoms with E-state index >= 15 is 0 Å². The van der Waals surface area contributed by atoms with Crippen LogP contribution in [0.25, 0.3) is 11.3 Å². The van der Waals surface area contributed by atoms with Crippen molar-refractivity contribution in [2.24, 2.45) is 0 Å². The molecule has 0 spiro atoms. The van der Waals surface area contributed by atoms with Gasteiger partial charge >= 0.3 is 12.1 Å². The van der Waals surface area contributed by atoms with Gasteiger partial charge in [0.05, 0.1) is 12.2 Å². The smallest absolute Gasteiger partial charge is 0.452 e. The van der Waals surface area contributed by atoms with E-state index in [1.165, 1.54) is 31.2 Å². The fourth-order valence-electron chi connectivity index (χ4n) is 1.85. The Morgan fingerprint density at radius 1 is 1.29 bits per heavy atom. The number of esters is 1. The van der Waals surface area contributed by atoms with Gasteiger partial charge < -0.3 is 9.26 Å². The highest BCUT2D eigenvalue weighted by Gasteiger charge is 2.39. The van der Waals surface area contributed by atoms with Gasteiger partial charge in [-0.15, -0.1) is 0 Å². The number of rotatable bonds is 3. The van der Waals surface area contributed by atoms with E-state index in [4.69, 9.17) is 4.74 Å². The van der Waals surface area contributed by atoms with Crippen LogP contribution in [-0.2, 0) is 10.9 Å². The highest BCUT2D eigenvalue weighted by atomic mass is 19.4. The molecule has 0 aliphatic heterocycles. The summed E-state index contributed by atoms with van der Waals surface area (Å²) in [4.78, 5) is 11.5.